The van der Waals surface area contributed by atoms with Crippen LogP contribution in [0.15, 0.2) is 84.9 Å². The van der Waals surface area contributed by atoms with Gasteiger partial charge in [-0.15, -0.1) is 0 Å². The van der Waals surface area contributed by atoms with Crippen LogP contribution in [0.3, 0.4) is 0 Å². The average molecular weight is 424 g/mol. The van der Waals surface area contributed by atoms with E-state index in [0.717, 1.165) is 50.8 Å². The SMILES string of the molecule is COc1ccc(-c2cc(-c3cccc(N(C)C)c3)nc(-c3cccc(N(C)C)c3)c2)cc1. The number of anilines is 2. The van der Waals surface area contributed by atoms with Crippen molar-refractivity contribution < 1.29 is 4.74 Å². The summed E-state index contributed by atoms with van der Waals surface area (Å²) in [4.78, 5) is 9.29. The summed E-state index contributed by atoms with van der Waals surface area (Å²) in [6.45, 7) is 0. The number of rotatable bonds is 6. The molecular weight excluding hydrogens is 394 g/mol. The van der Waals surface area contributed by atoms with Gasteiger partial charge in [0.25, 0.3) is 0 Å². The molecule has 0 fully saturated rings. The largest absolute Gasteiger partial charge is 0.497 e. The second-order valence-electron chi connectivity index (χ2n) is 8.24. The van der Waals surface area contributed by atoms with Crippen LogP contribution in [0.5, 0.6) is 5.75 Å². The Morgan fingerprint density at radius 3 is 1.50 bits per heavy atom. The van der Waals surface area contributed by atoms with Gasteiger partial charge >= 0.3 is 0 Å². The number of hydrogen-bond donors (Lipinski definition) is 0. The van der Waals surface area contributed by atoms with Crippen molar-refractivity contribution in [3.05, 3.63) is 84.9 Å². The molecule has 0 radical (unpaired) electrons. The van der Waals surface area contributed by atoms with Crippen molar-refractivity contribution in [2.24, 2.45) is 0 Å². The van der Waals surface area contributed by atoms with Gasteiger partial charge in [-0.25, -0.2) is 4.98 Å². The predicted octanol–water partition coefficient (Wildman–Crippen LogP) is 6.22. The van der Waals surface area contributed by atoms with Crippen molar-refractivity contribution in [2.75, 3.05) is 45.1 Å². The molecule has 0 unspecified atom stereocenters. The zero-order chi connectivity index (χ0) is 22.7. The Morgan fingerprint density at radius 2 is 1.06 bits per heavy atom. The van der Waals surface area contributed by atoms with Crippen LogP contribution in [-0.4, -0.2) is 40.3 Å². The first kappa shape index (κ1) is 21.4. The van der Waals surface area contributed by atoms with Gasteiger partial charge in [0.05, 0.1) is 18.5 Å². The van der Waals surface area contributed by atoms with E-state index in [0.29, 0.717) is 0 Å². The zero-order valence-electron chi connectivity index (χ0n) is 19.3. The molecule has 3 aromatic carbocycles. The highest BCUT2D eigenvalue weighted by atomic mass is 16.5. The highest BCUT2D eigenvalue weighted by Gasteiger charge is 2.11. The number of hydrogen-bond acceptors (Lipinski definition) is 4. The molecule has 0 atom stereocenters. The predicted molar refractivity (Wildman–Crippen MR) is 136 cm³/mol. The Bertz CT molecular complexity index is 1140. The van der Waals surface area contributed by atoms with Gasteiger partial charge in [0, 0.05) is 50.7 Å². The molecule has 1 heterocycles. The van der Waals surface area contributed by atoms with Gasteiger partial charge in [0.2, 0.25) is 0 Å². The van der Waals surface area contributed by atoms with Crippen molar-refractivity contribution in [3.8, 4) is 39.4 Å². The molecule has 1 aromatic heterocycles. The maximum Gasteiger partial charge on any atom is 0.118 e. The molecule has 4 rings (SSSR count). The van der Waals surface area contributed by atoms with Gasteiger partial charge < -0.3 is 14.5 Å². The van der Waals surface area contributed by atoms with Gasteiger partial charge in [-0.05, 0) is 59.7 Å². The number of methoxy groups -OCH3 is 1. The van der Waals surface area contributed by atoms with Crippen LogP contribution in [0.4, 0.5) is 11.4 Å². The third-order valence-electron chi connectivity index (χ3n) is 5.57. The number of ether oxygens (including phenoxy) is 1. The lowest BCUT2D eigenvalue weighted by Crippen LogP contribution is -2.08. The highest BCUT2D eigenvalue weighted by Crippen LogP contribution is 2.33. The first-order valence-corrected chi connectivity index (χ1v) is 10.7. The first-order valence-electron chi connectivity index (χ1n) is 10.7. The first-order chi connectivity index (χ1) is 15.4. The normalized spacial score (nSPS) is 10.7. The molecule has 4 heteroatoms. The van der Waals surface area contributed by atoms with E-state index in [4.69, 9.17) is 9.72 Å². The molecule has 0 aliphatic heterocycles. The molecule has 0 aliphatic rings. The summed E-state index contributed by atoms with van der Waals surface area (Å²) in [6, 6.07) is 29.5. The molecular formula is C28H29N3O. The minimum atomic E-state index is 0.848. The van der Waals surface area contributed by atoms with Crippen LogP contribution in [-0.2, 0) is 0 Å². The van der Waals surface area contributed by atoms with Crippen molar-refractivity contribution in [1.29, 1.82) is 0 Å². The van der Waals surface area contributed by atoms with Crippen molar-refractivity contribution in [1.82, 2.24) is 4.98 Å². The summed E-state index contributed by atoms with van der Waals surface area (Å²) in [5, 5.41) is 0. The van der Waals surface area contributed by atoms with Crippen LogP contribution >= 0.6 is 0 Å². The number of aromatic nitrogens is 1. The Hall–Kier alpha value is -3.79. The lowest BCUT2D eigenvalue weighted by Gasteiger charge is -2.16. The standard InChI is InChI=1S/C28H29N3O/c1-30(2)24-10-6-8-21(16-24)27-18-23(20-12-14-26(32-5)15-13-20)19-28(29-27)22-9-7-11-25(17-22)31(3)4/h6-19H,1-5H3. The third-order valence-corrected chi connectivity index (χ3v) is 5.57. The summed E-state index contributed by atoms with van der Waals surface area (Å²) < 4.78 is 5.34. The second kappa shape index (κ2) is 9.15. The quantitative estimate of drug-likeness (QED) is 0.368. The molecule has 0 saturated heterocycles. The van der Waals surface area contributed by atoms with E-state index >= 15 is 0 Å². The van der Waals surface area contributed by atoms with E-state index in [1.807, 2.05) is 12.1 Å². The molecule has 162 valence electrons. The topological polar surface area (TPSA) is 28.6 Å². The van der Waals surface area contributed by atoms with E-state index in [2.05, 4.69) is 111 Å². The summed E-state index contributed by atoms with van der Waals surface area (Å²) >= 11 is 0. The third kappa shape index (κ3) is 4.59. The molecule has 0 bridgehead atoms. The molecule has 4 nitrogen and oxygen atoms in total. The molecule has 32 heavy (non-hydrogen) atoms. The van der Waals surface area contributed by atoms with Crippen LogP contribution < -0.4 is 14.5 Å². The smallest absolute Gasteiger partial charge is 0.118 e. The average Bonchev–Trinajstić information content (AvgIpc) is 2.84. The fourth-order valence-electron chi connectivity index (χ4n) is 3.66. The number of nitrogens with zero attached hydrogens (tertiary/aromatic N) is 3. The highest BCUT2D eigenvalue weighted by molar-refractivity contribution is 5.78. The van der Waals surface area contributed by atoms with E-state index < -0.39 is 0 Å². The second-order valence-corrected chi connectivity index (χ2v) is 8.24. The van der Waals surface area contributed by atoms with Gasteiger partial charge in [-0.1, -0.05) is 36.4 Å². The number of pyridine rings is 1. The van der Waals surface area contributed by atoms with Gasteiger partial charge in [0.1, 0.15) is 5.75 Å². The Kier molecular flexibility index (Phi) is 6.13. The van der Waals surface area contributed by atoms with Crippen LogP contribution in [0.1, 0.15) is 0 Å². The minimum absolute atomic E-state index is 0.848. The Labute approximate surface area is 190 Å². The fourth-order valence-corrected chi connectivity index (χ4v) is 3.66. The summed E-state index contributed by atoms with van der Waals surface area (Å²) in [7, 11) is 9.90. The van der Waals surface area contributed by atoms with Crippen molar-refractivity contribution in [2.45, 2.75) is 0 Å². The number of benzene rings is 3. The Balaban J connectivity index is 1.88. The van der Waals surface area contributed by atoms with Gasteiger partial charge in [-0.3, -0.25) is 0 Å². The maximum atomic E-state index is 5.34. The van der Waals surface area contributed by atoms with Crippen molar-refractivity contribution >= 4 is 11.4 Å². The minimum Gasteiger partial charge on any atom is -0.497 e. The van der Waals surface area contributed by atoms with E-state index in [1.54, 1.807) is 7.11 Å². The molecule has 0 amide bonds. The molecule has 0 aliphatic carbocycles. The lowest BCUT2D eigenvalue weighted by molar-refractivity contribution is 0.415. The van der Waals surface area contributed by atoms with E-state index in [9.17, 15) is 0 Å². The maximum absolute atomic E-state index is 5.34. The molecule has 0 N–H and O–H groups in total. The fraction of sp³-hybridized carbons (Fsp3) is 0.179. The molecule has 0 saturated carbocycles. The molecule has 0 spiro atoms. The summed E-state index contributed by atoms with van der Waals surface area (Å²) in [6.07, 6.45) is 0. The van der Waals surface area contributed by atoms with Crippen molar-refractivity contribution in [3.63, 3.8) is 0 Å². The van der Waals surface area contributed by atoms with E-state index in [1.165, 1.54) is 0 Å². The van der Waals surface area contributed by atoms with E-state index in [-0.39, 0.29) is 0 Å². The summed E-state index contributed by atoms with van der Waals surface area (Å²) in [5.41, 5.74) is 8.64. The Morgan fingerprint density at radius 1 is 0.562 bits per heavy atom. The van der Waals surface area contributed by atoms with Crippen LogP contribution in [0.25, 0.3) is 33.6 Å². The van der Waals surface area contributed by atoms with Crippen LogP contribution in [0, 0.1) is 0 Å². The zero-order valence-corrected chi connectivity index (χ0v) is 19.3. The van der Waals surface area contributed by atoms with Crippen LogP contribution in [0.2, 0.25) is 0 Å². The monoisotopic (exact) mass is 423 g/mol. The molecule has 4 aromatic rings. The van der Waals surface area contributed by atoms with Gasteiger partial charge in [0.15, 0.2) is 0 Å². The summed E-state index contributed by atoms with van der Waals surface area (Å²) in [5.74, 6) is 0.848. The lowest BCUT2D eigenvalue weighted by atomic mass is 9.99. The van der Waals surface area contributed by atoms with Gasteiger partial charge in [-0.2, -0.15) is 0 Å².